The molecule has 0 radical (unpaired) electrons. The molecule has 2 aliphatic heterocycles. The predicted octanol–water partition coefficient (Wildman–Crippen LogP) is 9.09. The highest BCUT2D eigenvalue weighted by molar-refractivity contribution is 5.66. The molecule has 372 valence electrons. The van der Waals surface area contributed by atoms with Crippen LogP contribution in [0.4, 0.5) is 0 Å². The molecule has 0 aromatic heterocycles. The summed E-state index contributed by atoms with van der Waals surface area (Å²) in [5.41, 5.74) is 5.48. The van der Waals surface area contributed by atoms with Crippen LogP contribution < -0.4 is 0 Å². The fourth-order valence-corrected chi connectivity index (χ4v) is 8.59. The fourth-order valence-electron chi connectivity index (χ4n) is 8.59. The van der Waals surface area contributed by atoms with Crippen LogP contribution in [0.1, 0.15) is 47.2 Å². The largest absolute Gasteiger partial charge is 0.454 e. The SMILES string of the molecule is CC(=O)O[C@@H]1[C@H](O[C@@H]2O[C@H](COCc3ccccc3)[C@@H](OCc3ccccc3)[C@H](OCc3ccccc3)[C@@H]2OC(C)=O)O[C@H](COCc2ccccc2)[C@@H](OCc2ccccc2)[C@@H]1OCc1ccccc1. The monoisotopic (exact) mass is 966 g/mol. The van der Waals surface area contributed by atoms with Crippen LogP contribution in [-0.4, -0.2) is 86.6 Å². The van der Waals surface area contributed by atoms with Crippen molar-refractivity contribution >= 4 is 11.9 Å². The maximum absolute atomic E-state index is 13.3. The van der Waals surface area contributed by atoms with Gasteiger partial charge in [-0.1, -0.05) is 182 Å². The molecule has 2 heterocycles. The van der Waals surface area contributed by atoms with Gasteiger partial charge >= 0.3 is 11.9 Å². The molecule has 8 rings (SSSR count). The molecule has 0 aliphatic carbocycles. The van der Waals surface area contributed by atoms with Crippen LogP contribution in [0.2, 0.25) is 0 Å². The fraction of sp³-hybridized carbons (Fsp3) is 0.345. The summed E-state index contributed by atoms with van der Waals surface area (Å²) in [6.07, 6.45) is -10.7. The first-order chi connectivity index (χ1) is 34.9. The Morgan fingerprint density at radius 2 is 0.606 bits per heavy atom. The second-order valence-corrected chi connectivity index (χ2v) is 17.4. The summed E-state index contributed by atoms with van der Waals surface area (Å²) in [5, 5.41) is 0. The minimum Gasteiger partial charge on any atom is -0.454 e. The van der Waals surface area contributed by atoms with E-state index in [1.807, 2.05) is 182 Å². The maximum atomic E-state index is 13.3. The van der Waals surface area contributed by atoms with Crippen molar-refractivity contribution in [1.29, 1.82) is 0 Å². The minimum atomic E-state index is -1.40. The van der Waals surface area contributed by atoms with E-state index in [-0.39, 0.29) is 52.9 Å². The van der Waals surface area contributed by atoms with E-state index in [9.17, 15) is 9.59 Å². The Hall–Kier alpha value is -6.10. The lowest BCUT2D eigenvalue weighted by molar-refractivity contribution is -0.387. The maximum Gasteiger partial charge on any atom is 0.303 e. The van der Waals surface area contributed by atoms with Gasteiger partial charge in [0.1, 0.15) is 36.6 Å². The van der Waals surface area contributed by atoms with Gasteiger partial charge in [-0.05, 0) is 33.4 Å². The third-order valence-corrected chi connectivity index (χ3v) is 12.0. The van der Waals surface area contributed by atoms with Crippen LogP contribution in [0, 0.1) is 0 Å². The lowest BCUT2D eigenvalue weighted by atomic mass is 9.96. The minimum absolute atomic E-state index is 0.0270. The highest BCUT2D eigenvalue weighted by Crippen LogP contribution is 2.36. The summed E-state index contributed by atoms with van der Waals surface area (Å²) in [4.78, 5) is 26.5. The van der Waals surface area contributed by atoms with Crippen molar-refractivity contribution in [2.45, 2.75) is 115 Å². The lowest BCUT2D eigenvalue weighted by Gasteiger charge is -2.49. The third-order valence-electron chi connectivity index (χ3n) is 12.0. The zero-order chi connectivity index (χ0) is 49.0. The van der Waals surface area contributed by atoms with Crippen molar-refractivity contribution in [1.82, 2.24) is 0 Å². The molecule has 71 heavy (non-hydrogen) atoms. The number of hydrogen-bond donors (Lipinski definition) is 0. The van der Waals surface area contributed by atoms with Gasteiger partial charge in [0.25, 0.3) is 0 Å². The van der Waals surface area contributed by atoms with Crippen LogP contribution in [0.3, 0.4) is 0 Å². The van der Waals surface area contributed by atoms with Gasteiger partial charge in [-0.3, -0.25) is 9.59 Å². The van der Waals surface area contributed by atoms with E-state index in [0.717, 1.165) is 33.4 Å². The van der Waals surface area contributed by atoms with E-state index in [4.69, 9.17) is 52.1 Å². The van der Waals surface area contributed by atoms with E-state index in [1.165, 1.54) is 13.8 Å². The van der Waals surface area contributed by atoms with Crippen LogP contribution in [0.5, 0.6) is 0 Å². The first kappa shape index (κ1) is 51.3. The normalized spacial score (nSPS) is 24.2. The Morgan fingerprint density at radius 3 is 0.873 bits per heavy atom. The lowest BCUT2D eigenvalue weighted by Crippen LogP contribution is -2.66. The molecule has 10 atom stereocenters. The smallest absolute Gasteiger partial charge is 0.303 e. The Bertz CT molecular complexity index is 2280. The molecule has 2 fully saturated rings. The summed E-state index contributed by atoms with van der Waals surface area (Å²) in [6.45, 7) is 3.84. The van der Waals surface area contributed by atoms with Crippen molar-refractivity contribution in [2.24, 2.45) is 0 Å². The Balaban J connectivity index is 1.16. The topological polar surface area (TPSA) is 136 Å². The van der Waals surface area contributed by atoms with Crippen LogP contribution >= 0.6 is 0 Å². The number of benzene rings is 6. The van der Waals surface area contributed by atoms with E-state index >= 15 is 0 Å². The van der Waals surface area contributed by atoms with Gasteiger partial charge in [0, 0.05) is 13.8 Å². The molecule has 0 N–H and O–H groups in total. The molecule has 6 aromatic carbocycles. The van der Waals surface area contributed by atoms with Gasteiger partial charge in [0.2, 0.25) is 12.6 Å². The second-order valence-electron chi connectivity index (χ2n) is 17.4. The zero-order valence-corrected chi connectivity index (χ0v) is 40.1. The van der Waals surface area contributed by atoms with E-state index in [2.05, 4.69) is 0 Å². The van der Waals surface area contributed by atoms with Gasteiger partial charge in [-0.2, -0.15) is 0 Å². The molecule has 2 aliphatic rings. The van der Waals surface area contributed by atoms with E-state index < -0.39 is 73.4 Å². The predicted molar refractivity (Wildman–Crippen MR) is 262 cm³/mol. The Labute approximate surface area is 415 Å². The zero-order valence-electron chi connectivity index (χ0n) is 40.1. The average Bonchev–Trinajstić information content (AvgIpc) is 3.39. The second kappa shape index (κ2) is 26.9. The molecule has 0 bridgehead atoms. The molecular formula is C58H62O13. The van der Waals surface area contributed by atoms with Crippen molar-refractivity contribution in [3.63, 3.8) is 0 Å². The quantitative estimate of drug-likeness (QED) is 0.0535. The summed E-state index contributed by atoms with van der Waals surface area (Å²) >= 11 is 0. The van der Waals surface area contributed by atoms with Crippen LogP contribution in [0.25, 0.3) is 0 Å². The third kappa shape index (κ3) is 15.4. The molecule has 13 heteroatoms. The highest BCUT2D eigenvalue weighted by atomic mass is 16.8. The van der Waals surface area contributed by atoms with E-state index in [1.54, 1.807) is 0 Å². The van der Waals surface area contributed by atoms with Crippen molar-refractivity contribution in [3.8, 4) is 0 Å². The first-order valence-electron chi connectivity index (χ1n) is 24.0. The van der Waals surface area contributed by atoms with Crippen LogP contribution in [-0.2, 0) is 101 Å². The highest BCUT2D eigenvalue weighted by Gasteiger charge is 2.55. The Morgan fingerprint density at radius 1 is 0.352 bits per heavy atom. The number of hydrogen-bond acceptors (Lipinski definition) is 13. The summed E-state index contributed by atoms with van der Waals surface area (Å²) in [7, 11) is 0. The molecule has 0 amide bonds. The number of esters is 2. The molecular weight excluding hydrogens is 905 g/mol. The summed E-state index contributed by atoms with van der Waals surface area (Å²) in [5.74, 6) is -1.24. The van der Waals surface area contributed by atoms with Gasteiger partial charge in [-0.25, -0.2) is 0 Å². The van der Waals surface area contributed by atoms with Crippen molar-refractivity contribution in [2.75, 3.05) is 13.2 Å². The van der Waals surface area contributed by atoms with Gasteiger partial charge in [0.15, 0.2) is 12.2 Å². The van der Waals surface area contributed by atoms with Gasteiger partial charge in [-0.15, -0.1) is 0 Å². The molecule has 13 nitrogen and oxygen atoms in total. The standard InChI is InChI=1S/C58H62O13/c1-41(59)67-55-53(65-37-47-29-17-7-18-30-47)51(63-35-45-25-13-5-14-26-45)49(39-61-33-43-21-9-3-10-22-43)69-57(55)71-58-56(68-42(2)60)54(66-38-48-31-19-8-20-32-48)52(64-36-46-27-15-6-16-28-46)50(70-58)40-62-34-44-23-11-4-12-24-44/h3-32,49-58H,33-40H2,1-2H3/t49-,50-,51-,52-,53+,54+,55+,56+,57+,58+/m1/s1. The van der Waals surface area contributed by atoms with E-state index in [0.29, 0.717) is 0 Å². The van der Waals surface area contributed by atoms with Crippen molar-refractivity contribution in [3.05, 3.63) is 215 Å². The number of ether oxygens (including phenoxy) is 11. The van der Waals surface area contributed by atoms with Gasteiger partial charge < -0.3 is 52.1 Å². The van der Waals surface area contributed by atoms with Crippen LogP contribution in [0.15, 0.2) is 182 Å². The molecule has 0 saturated carbocycles. The first-order valence-corrected chi connectivity index (χ1v) is 24.0. The summed E-state index contributed by atoms with van der Waals surface area (Å²) < 4.78 is 72.9. The number of rotatable bonds is 24. The number of carbonyl (C=O) groups is 2. The Kier molecular flexibility index (Phi) is 19.4. The molecule has 0 spiro atoms. The molecule has 6 aromatic rings. The van der Waals surface area contributed by atoms with Gasteiger partial charge in [0.05, 0.1) is 52.9 Å². The molecule has 2 saturated heterocycles. The summed E-state index contributed by atoms with van der Waals surface area (Å²) in [6, 6.07) is 58.3. The van der Waals surface area contributed by atoms with Crippen molar-refractivity contribution < 1.29 is 61.7 Å². The molecule has 0 unspecified atom stereocenters. The average molecular weight is 967 g/mol. The number of carbonyl (C=O) groups excluding carboxylic acids is 2.